The van der Waals surface area contributed by atoms with Gasteiger partial charge in [-0.1, -0.05) is 20.8 Å². The molecule has 2 nitrogen and oxygen atoms in total. The predicted octanol–water partition coefficient (Wildman–Crippen LogP) is 3.15. The molecule has 0 spiro atoms. The van der Waals surface area contributed by atoms with Gasteiger partial charge in [0.15, 0.2) is 0 Å². The Morgan fingerprint density at radius 1 is 1.00 bits per heavy atom. The number of hydrogen-bond donors (Lipinski definition) is 2. The molecule has 0 aliphatic rings. The SMILES string of the molecule is CC(C)O.CC(C)O.C[C]#[W+].[CH2-]C(C)(C)C. The topological polar surface area (TPSA) is 40.5 Å². The van der Waals surface area contributed by atoms with Gasteiger partial charge in [0.2, 0.25) is 0 Å². The summed E-state index contributed by atoms with van der Waals surface area (Å²) >= 11 is 1.42. The van der Waals surface area contributed by atoms with Crippen LogP contribution in [-0.2, 0) is 19.2 Å². The van der Waals surface area contributed by atoms with E-state index >= 15 is 0 Å². The number of aliphatic hydroxyl groups excluding tert-OH is 2. The monoisotopic (exact) mass is 402 g/mol. The molecule has 0 aromatic heterocycles. The van der Waals surface area contributed by atoms with Crippen molar-refractivity contribution in [1.82, 2.24) is 0 Å². The van der Waals surface area contributed by atoms with Crippen LogP contribution in [0, 0.1) is 16.5 Å². The molecule has 0 rings (SSSR count). The first-order valence-electron chi connectivity index (χ1n) is 5.38. The van der Waals surface area contributed by atoms with E-state index in [1.807, 2.05) is 6.92 Å². The molecule has 16 heavy (non-hydrogen) atoms. The minimum Gasteiger partial charge on any atom is -0.338 e. The van der Waals surface area contributed by atoms with Crippen LogP contribution >= 0.6 is 0 Å². The third kappa shape index (κ3) is 17100. The largest absolute Gasteiger partial charge is 0.338 e. The zero-order valence-corrected chi connectivity index (χ0v) is 15.1. The van der Waals surface area contributed by atoms with Gasteiger partial charge in [0, 0.05) is 12.2 Å². The average Bonchev–Trinajstić information content (AvgIpc) is 1.78. The second-order valence-electron chi connectivity index (χ2n) is 4.95. The van der Waals surface area contributed by atoms with E-state index < -0.39 is 0 Å². The first-order chi connectivity index (χ1) is 6.88. The summed E-state index contributed by atoms with van der Waals surface area (Å²) in [5, 5.41) is 16.1. The fourth-order valence-corrected chi connectivity index (χ4v) is 0. The van der Waals surface area contributed by atoms with Crippen molar-refractivity contribution in [3.8, 4) is 4.20 Å². The molecule has 0 saturated heterocycles. The van der Waals surface area contributed by atoms with Crippen LogP contribution in [-0.4, -0.2) is 22.4 Å². The van der Waals surface area contributed by atoms with Gasteiger partial charge in [-0.3, -0.25) is 0 Å². The van der Waals surface area contributed by atoms with Crippen LogP contribution in [0.4, 0.5) is 0 Å². The molecule has 0 bridgehead atoms. The van der Waals surface area contributed by atoms with E-state index in [0.29, 0.717) is 0 Å². The van der Waals surface area contributed by atoms with Crippen molar-refractivity contribution >= 4 is 0 Å². The molecule has 0 aromatic rings. The van der Waals surface area contributed by atoms with Gasteiger partial charge < -0.3 is 17.1 Å². The Kier molecular flexibility index (Phi) is 28.1. The van der Waals surface area contributed by atoms with Crippen molar-refractivity contribution in [3.63, 3.8) is 0 Å². The third-order valence-electron chi connectivity index (χ3n) is 0. The molecule has 2 N–H and O–H groups in total. The number of hydrogen-bond acceptors (Lipinski definition) is 2. The molecular weight excluding hydrogens is 372 g/mol. The molecule has 0 amide bonds. The summed E-state index contributed by atoms with van der Waals surface area (Å²) in [4.78, 5) is 0. The maximum atomic E-state index is 8.06. The molecule has 0 aromatic carbocycles. The van der Waals surface area contributed by atoms with Gasteiger partial charge in [-0.15, -0.1) is 0 Å². The molecule has 0 heterocycles. The smallest absolute Gasteiger partial charge is 0.0878 e. The molecule has 0 unspecified atom stereocenters. The Bertz CT molecular complexity index is 123. The molecule has 100 valence electrons. The van der Waals surface area contributed by atoms with Crippen LogP contribution < -0.4 is 0 Å². The Labute approximate surface area is 113 Å². The van der Waals surface area contributed by atoms with Crippen molar-refractivity contribution in [2.75, 3.05) is 0 Å². The third-order valence-corrected chi connectivity index (χ3v) is 0. The molecule has 0 fully saturated rings. The van der Waals surface area contributed by atoms with E-state index in [2.05, 4.69) is 31.9 Å². The Morgan fingerprint density at radius 3 is 1.00 bits per heavy atom. The second kappa shape index (κ2) is 17.8. The van der Waals surface area contributed by atoms with Crippen LogP contribution in [0.2, 0.25) is 0 Å². The fourth-order valence-electron chi connectivity index (χ4n) is 0. The second-order valence-corrected chi connectivity index (χ2v) is 6.42. The maximum Gasteiger partial charge on any atom is -0.0878 e. The summed E-state index contributed by atoms with van der Waals surface area (Å²) in [5.41, 5.74) is 0.250. The Morgan fingerprint density at radius 2 is 1.00 bits per heavy atom. The van der Waals surface area contributed by atoms with Crippen LogP contribution in [0.15, 0.2) is 0 Å². The van der Waals surface area contributed by atoms with E-state index in [9.17, 15) is 0 Å². The average molecular weight is 402 g/mol. The van der Waals surface area contributed by atoms with Gasteiger partial charge in [-0.25, -0.2) is 0 Å². The summed E-state index contributed by atoms with van der Waals surface area (Å²) in [5.74, 6) is 0. The van der Waals surface area contributed by atoms with Gasteiger partial charge in [-0.05, 0) is 27.7 Å². The number of aliphatic hydroxyl groups is 2. The zero-order chi connectivity index (χ0) is 14.4. The first kappa shape index (κ1) is 25.3. The van der Waals surface area contributed by atoms with Gasteiger partial charge in [0.05, 0.1) is 0 Å². The van der Waals surface area contributed by atoms with E-state index in [1.54, 1.807) is 27.7 Å². The normalized spacial score (nSPS) is 8.75. The van der Waals surface area contributed by atoms with E-state index in [4.69, 9.17) is 10.2 Å². The van der Waals surface area contributed by atoms with E-state index in [-0.39, 0.29) is 17.6 Å². The predicted molar refractivity (Wildman–Crippen MR) is 69.1 cm³/mol. The van der Waals surface area contributed by atoms with Crippen molar-refractivity contribution in [2.24, 2.45) is 5.41 Å². The maximum absolute atomic E-state index is 8.06. The van der Waals surface area contributed by atoms with Crippen molar-refractivity contribution in [1.29, 1.82) is 0 Å². The standard InChI is InChI=1S/C5H11.2C3H8O.C2H3.W/c1-5(2,3)4;2*1-3(2)4;1-2;/h1H2,2-4H3;2*3-4H,1-2H3;1H3;/q-1;;;;+1. The summed E-state index contributed by atoms with van der Waals surface area (Å²) < 4.78 is 2.83. The van der Waals surface area contributed by atoms with Crippen molar-refractivity contribution in [2.45, 2.75) is 67.6 Å². The van der Waals surface area contributed by atoms with E-state index in [0.717, 1.165) is 0 Å². The van der Waals surface area contributed by atoms with Gasteiger partial charge in [0.1, 0.15) is 0 Å². The Balaban J connectivity index is -0.0000000610. The van der Waals surface area contributed by atoms with Crippen LogP contribution in [0.5, 0.6) is 0 Å². The van der Waals surface area contributed by atoms with Crippen LogP contribution in [0.3, 0.4) is 0 Å². The summed E-state index contributed by atoms with van der Waals surface area (Å²) in [6.45, 7) is 18.8. The molecule has 0 aliphatic heterocycles. The first-order valence-corrected chi connectivity index (χ1v) is 6.85. The van der Waals surface area contributed by atoms with Gasteiger partial charge in [-0.2, -0.15) is 5.41 Å². The summed E-state index contributed by atoms with van der Waals surface area (Å²) in [6.07, 6.45) is -0.333. The van der Waals surface area contributed by atoms with E-state index in [1.165, 1.54) is 19.2 Å². The molecule has 0 saturated carbocycles. The molecular formula is C13H30O2W. The molecule has 3 heteroatoms. The number of rotatable bonds is 0. The fraction of sp³-hybridized carbons (Fsp3) is 0.846. The molecule has 0 aliphatic carbocycles. The minimum atomic E-state index is -0.167. The summed E-state index contributed by atoms with van der Waals surface area (Å²) in [7, 11) is 0. The minimum absolute atomic E-state index is 0.167. The van der Waals surface area contributed by atoms with Crippen molar-refractivity contribution in [3.05, 3.63) is 6.92 Å². The van der Waals surface area contributed by atoms with Crippen molar-refractivity contribution < 1.29 is 29.4 Å². The quantitative estimate of drug-likeness (QED) is 0.612. The zero-order valence-electron chi connectivity index (χ0n) is 12.2. The summed E-state index contributed by atoms with van der Waals surface area (Å²) in [6, 6.07) is 0. The van der Waals surface area contributed by atoms with Gasteiger partial charge in [0.25, 0.3) is 0 Å². The molecule has 0 atom stereocenters. The van der Waals surface area contributed by atoms with Crippen LogP contribution in [0.25, 0.3) is 0 Å². The van der Waals surface area contributed by atoms with Gasteiger partial charge >= 0.3 is 30.3 Å². The Hall–Kier alpha value is 0.388. The molecule has 0 radical (unpaired) electrons. The van der Waals surface area contributed by atoms with Crippen LogP contribution in [0.1, 0.15) is 55.4 Å².